The van der Waals surface area contributed by atoms with Gasteiger partial charge in [0.15, 0.2) is 0 Å². The second-order valence-corrected chi connectivity index (χ2v) is 6.54. The van der Waals surface area contributed by atoms with Gasteiger partial charge in [-0.15, -0.1) is 0 Å². The van der Waals surface area contributed by atoms with Gasteiger partial charge in [-0.1, -0.05) is 32.4 Å². The van der Waals surface area contributed by atoms with Gasteiger partial charge in [-0.25, -0.2) is 0 Å². The van der Waals surface area contributed by atoms with Crippen molar-refractivity contribution in [2.75, 3.05) is 11.9 Å². The number of nitrogens with zero attached hydrogens (tertiary/aromatic N) is 1. The molecule has 0 heterocycles. The summed E-state index contributed by atoms with van der Waals surface area (Å²) in [6.45, 7) is 5.95. The molecule has 0 aliphatic heterocycles. The summed E-state index contributed by atoms with van der Waals surface area (Å²) in [4.78, 5) is 21.7. The Labute approximate surface area is 128 Å². The van der Waals surface area contributed by atoms with E-state index in [9.17, 15) is 20.0 Å². The van der Waals surface area contributed by atoms with Crippen LogP contribution in [-0.2, 0) is 4.79 Å². The summed E-state index contributed by atoms with van der Waals surface area (Å²) in [7, 11) is 0. The molecule has 0 saturated carbocycles. The first-order valence-electron chi connectivity index (χ1n) is 6.51. The highest BCUT2D eigenvalue weighted by Crippen LogP contribution is 2.29. The SMILES string of the molecule is CC(C)(C)CC(CNc1cc(Cl)ccc1[N+](=O)[O-])C(=O)O. The zero-order valence-corrected chi connectivity index (χ0v) is 13.0. The van der Waals surface area contributed by atoms with E-state index in [1.54, 1.807) is 0 Å². The number of anilines is 1. The molecule has 7 heteroatoms. The number of carboxylic acids is 1. The standard InChI is InChI=1S/C14H19ClN2O4/c1-14(2,3)7-9(13(18)19)8-16-11-6-10(15)4-5-12(11)17(20)21/h4-6,9,16H,7-8H2,1-3H3,(H,18,19). The summed E-state index contributed by atoms with van der Waals surface area (Å²) >= 11 is 5.83. The lowest BCUT2D eigenvalue weighted by Crippen LogP contribution is -2.27. The van der Waals surface area contributed by atoms with Crippen molar-refractivity contribution in [3.05, 3.63) is 33.3 Å². The summed E-state index contributed by atoms with van der Waals surface area (Å²) in [5.74, 6) is -1.56. The van der Waals surface area contributed by atoms with Crippen LogP contribution in [0.1, 0.15) is 27.2 Å². The highest BCUT2D eigenvalue weighted by molar-refractivity contribution is 6.31. The van der Waals surface area contributed by atoms with Gasteiger partial charge < -0.3 is 10.4 Å². The van der Waals surface area contributed by atoms with Crippen molar-refractivity contribution in [3.8, 4) is 0 Å². The molecule has 0 fully saturated rings. The molecule has 0 aliphatic rings. The highest BCUT2D eigenvalue weighted by atomic mass is 35.5. The Balaban J connectivity index is 2.87. The number of aliphatic carboxylic acids is 1. The minimum absolute atomic E-state index is 0.105. The monoisotopic (exact) mass is 314 g/mol. The lowest BCUT2D eigenvalue weighted by atomic mass is 9.84. The molecule has 0 aromatic heterocycles. The maximum Gasteiger partial charge on any atom is 0.308 e. The van der Waals surface area contributed by atoms with Gasteiger partial charge >= 0.3 is 5.97 Å². The quantitative estimate of drug-likeness (QED) is 0.615. The fourth-order valence-corrected chi connectivity index (χ4v) is 2.20. The third-order valence-corrected chi connectivity index (χ3v) is 3.14. The summed E-state index contributed by atoms with van der Waals surface area (Å²) in [6, 6.07) is 4.15. The van der Waals surface area contributed by atoms with Crippen LogP contribution in [0.3, 0.4) is 0 Å². The van der Waals surface area contributed by atoms with E-state index in [1.165, 1.54) is 18.2 Å². The number of halogens is 1. The normalized spacial score (nSPS) is 12.8. The molecule has 1 rings (SSSR count). The van der Waals surface area contributed by atoms with Crippen molar-refractivity contribution in [1.29, 1.82) is 0 Å². The first-order chi connectivity index (χ1) is 9.60. The van der Waals surface area contributed by atoms with Crippen molar-refractivity contribution in [1.82, 2.24) is 0 Å². The predicted octanol–water partition coefficient (Wildman–Crippen LogP) is 3.80. The van der Waals surface area contributed by atoms with Crippen LogP contribution >= 0.6 is 11.6 Å². The van der Waals surface area contributed by atoms with Crippen LogP contribution in [0.25, 0.3) is 0 Å². The number of nitro groups is 1. The van der Waals surface area contributed by atoms with E-state index < -0.39 is 16.8 Å². The molecule has 21 heavy (non-hydrogen) atoms. The molecule has 6 nitrogen and oxygen atoms in total. The van der Waals surface area contributed by atoms with Crippen LogP contribution in [0, 0.1) is 21.4 Å². The lowest BCUT2D eigenvalue weighted by Gasteiger charge is -2.23. The molecule has 0 bridgehead atoms. The van der Waals surface area contributed by atoms with Crippen LogP contribution in [-0.4, -0.2) is 22.5 Å². The van der Waals surface area contributed by atoms with E-state index in [4.69, 9.17) is 11.6 Å². The minimum atomic E-state index is -0.929. The Kier molecular flexibility index (Phi) is 5.54. The lowest BCUT2D eigenvalue weighted by molar-refractivity contribution is -0.384. The average Bonchev–Trinajstić information content (AvgIpc) is 2.32. The van der Waals surface area contributed by atoms with Crippen molar-refractivity contribution < 1.29 is 14.8 Å². The van der Waals surface area contributed by atoms with E-state index in [2.05, 4.69) is 5.32 Å². The zero-order valence-electron chi connectivity index (χ0n) is 12.2. The Hall–Kier alpha value is -1.82. The molecule has 0 saturated heterocycles. The Bertz CT molecular complexity index is 540. The van der Waals surface area contributed by atoms with Crippen molar-refractivity contribution in [2.24, 2.45) is 11.3 Å². The van der Waals surface area contributed by atoms with Gasteiger partial charge in [-0.2, -0.15) is 0 Å². The number of hydrogen-bond donors (Lipinski definition) is 2. The summed E-state index contributed by atoms with van der Waals surface area (Å²) < 4.78 is 0. The topological polar surface area (TPSA) is 92.5 Å². The van der Waals surface area contributed by atoms with E-state index in [0.717, 1.165) is 0 Å². The van der Waals surface area contributed by atoms with Crippen molar-refractivity contribution in [3.63, 3.8) is 0 Å². The molecule has 1 unspecified atom stereocenters. The van der Waals surface area contributed by atoms with Gasteiger partial charge in [0, 0.05) is 17.6 Å². The number of nitro benzene ring substituents is 1. The first kappa shape index (κ1) is 17.2. The van der Waals surface area contributed by atoms with Gasteiger partial charge in [0.2, 0.25) is 0 Å². The van der Waals surface area contributed by atoms with Gasteiger partial charge in [0.1, 0.15) is 5.69 Å². The molecule has 1 aromatic carbocycles. The Morgan fingerprint density at radius 2 is 2.10 bits per heavy atom. The van der Waals surface area contributed by atoms with Crippen LogP contribution in [0.2, 0.25) is 5.02 Å². The third-order valence-electron chi connectivity index (χ3n) is 2.90. The third kappa shape index (κ3) is 5.59. The fourth-order valence-electron chi connectivity index (χ4n) is 2.03. The zero-order chi connectivity index (χ0) is 16.2. The van der Waals surface area contributed by atoms with Crippen LogP contribution < -0.4 is 5.32 Å². The molecule has 116 valence electrons. The molecule has 0 radical (unpaired) electrons. The van der Waals surface area contributed by atoms with E-state index in [1.807, 2.05) is 20.8 Å². The van der Waals surface area contributed by atoms with Gasteiger partial charge in [-0.3, -0.25) is 14.9 Å². The second-order valence-electron chi connectivity index (χ2n) is 6.10. The van der Waals surface area contributed by atoms with E-state index in [-0.39, 0.29) is 23.3 Å². The van der Waals surface area contributed by atoms with Crippen molar-refractivity contribution in [2.45, 2.75) is 27.2 Å². The molecule has 0 amide bonds. The molecule has 0 aliphatic carbocycles. The summed E-state index contributed by atoms with van der Waals surface area (Å²) in [6.07, 6.45) is 0.462. The van der Waals surface area contributed by atoms with Gasteiger partial charge in [-0.05, 0) is 24.0 Å². The molecule has 1 atom stereocenters. The Morgan fingerprint density at radius 3 is 2.57 bits per heavy atom. The van der Waals surface area contributed by atoms with Crippen LogP contribution in [0.4, 0.5) is 11.4 Å². The molecule has 0 spiro atoms. The minimum Gasteiger partial charge on any atom is -0.481 e. The van der Waals surface area contributed by atoms with E-state index in [0.29, 0.717) is 11.4 Å². The van der Waals surface area contributed by atoms with Gasteiger partial charge in [0.25, 0.3) is 5.69 Å². The van der Waals surface area contributed by atoms with Crippen molar-refractivity contribution >= 4 is 28.9 Å². The fraction of sp³-hybridized carbons (Fsp3) is 0.500. The summed E-state index contributed by atoms with van der Waals surface area (Å²) in [5.41, 5.74) is -0.0442. The number of hydrogen-bond acceptors (Lipinski definition) is 4. The molecular weight excluding hydrogens is 296 g/mol. The number of rotatable bonds is 6. The number of carbonyl (C=O) groups is 1. The number of benzene rings is 1. The largest absolute Gasteiger partial charge is 0.481 e. The average molecular weight is 315 g/mol. The highest BCUT2D eigenvalue weighted by Gasteiger charge is 2.25. The molecular formula is C14H19ClN2O4. The Morgan fingerprint density at radius 1 is 1.48 bits per heavy atom. The van der Waals surface area contributed by atoms with Crippen LogP contribution in [0.15, 0.2) is 18.2 Å². The van der Waals surface area contributed by atoms with Crippen LogP contribution in [0.5, 0.6) is 0 Å². The maximum atomic E-state index is 11.3. The van der Waals surface area contributed by atoms with E-state index >= 15 is 0 Å². The predicted molar refractivity (Wildman–Crippen MR) is 81.8 cm³/mol. The smallest absolute Gasteiger partial charge is 0.308 e. The maximum absolute atomic E-state index is 11.3. The number of carboxylic acid groups (broad SMARTS) is 1. The number of nitrogens with one attached hydrogen (secondary N) is 1. The summed E-state index contributed by atoms with van der Waals surface area (Å²) in [5, 5.41) is 23.4. The first-order valence-corrected chi connectivity index (χ1v) is 6.88. The molecule has 2 N–H and O–H groups in total. The molecule has 1 aromatic rings. The van der Waals surface area contributed by atoms with Gasteiger partial charge in [0.05, 0.1) is 10.8 Å². The second kappa shape index (κ2) is 6.76.